The zero-order valence-corrected chi connectivity index (χ0v) is 19.3. The van der Waals surface area contributed by atoms with E-state index in [0.717, 1.165) is 12.1 Å². The summed E-state index contributed by atoms with van der Waals surface area (Å²) in [5.41, 5.74) is -0.00223. The van der Waals surface area contributed by atoms with Crippen molar-refractivity contribution < 1.29 is 22.0 Å². The molecule has 0 spiro atoms. The highest BCUT2D eigenvalue weighted by molar-refractivity contribution is 7.90. The minimum absolute atomic E-state index is 0.0237. The number of pyridine rings is 1. The van der Waals surface area contributed by atoms with Crippen LogP contribution < -0.4 is 4.72 Å². The van der Waals surface area contributed by atoms with Crippen molar-refractivity contribution in [3.63, 3.8) is 0 Å². The van der Waals surface area contributed by atoms with Gasteiger partial charge in [0.05, 0.1) is 23.1 Å². The highest BCUT2D eigenvalue weighted by Crippen LogP contribution is 2.30. The minimum Gasteiger partial charge on any atom is -0.345 e. The van der Waals surface area contributed by atoms with E-state index in [1.165, 1.54) is 35.3 Å². The Kier molecular flexibility index (Phi) is 5.77. The number of nitrogens with zero attached hydrogens (tertiary/aromatic N) is 4. The summed E-state index contributed by atoms with van der Waals surface area (Å²) in [5, 5.41) is 0.328. The first-order chi connectivity index (χ1) is 16.7. The van der Waals surface area contributed by atoms with E-state index in [9.17, 15) is 17.6 Å². The summed E-state index contributed by atoms with van der Waals surface area (Å²) in [4.78, 5) is 28.6. The molecule has 1 fully saturated rings. The molecule has 35 heavy (non-hydrogen) atoms. The number of halogens is 2. The smallest absolute Gasteiger partial charge is 0.301 e. The van der Waals surface area contributed by atoms with Crippen molar-refractivity contribution in [2.45, 2.75) is 13.3 Å². The Balaban J connectivity index is 1.52. The number of ketones is 1. The number of carbonyl (C=O) groups is 1. The topological polar surface area (TPSA) is 121 Å². The van der Waals surface area contributed by atoms with Crippen molar-refractivity contribution >= 4 is 32.7 Å². The van der Waals surface area contributed by atoms with E-state index in [-0.39, 0.29) is 11.5 Å². The van der Waals surface area contributed by atoms with Gasteiger partial charge >= 0.3 is 10.2 Å². The number of hydrogen-bond acceptors (Lipinski definition) is 6. The van der Waals surface area contributed by atoms with Crippen molar-refractivity contribution in [1.29, 1.82) is 0 Å². The number of carbonyl (C=O) groups excluding carboxylic acids is 1. The molecular formula is C23H20F2N6O3S. The van der Waals surface area contributed by atoms with Gasteiger partial charge in [-0.05, 0) is 30.5 Å². The van der Waals surface area contributed by atoms with E-state index < -0.39 is 38.9 Å². The van der Waals surface area contributed by atoms with Crippen LogP contribution in [-0.4, -0.2) is 51.5 Å². The first-order valence-corrected chi connectivity index (χ1v) is 12.2. The third-order valence-electron chi connectivity index (χ3n) is 5.92. The molecule has 1 atom stereocenters. The maximum Gasteiger partial charge on any atom is 0.301 e. The molecule has 1 aromatic carbocycles. The molecule has 2 N–H and O–H groups in total. The highest BCUT2D eigenvalue weighted by Gasteiger charge is 2.31. The quantitative estimate of drug-likeness (QED) is 0.393. The molecular weight excluding hydrogens is 478 g/mol. The molecule has 3 aromatic heterocycles. The second kappa shape index (κ2) is 8.78. The lowest BCUT2D eigenvalue weighted by Gasteiger charge is -2.18. The fourth-order valence-corrected chi connectivity index (χ4v) is 5.43. The lowest BCUT2D eigenvalue weighted by Crippen LogP contribution is -2.34. The Bertz CT molecular complexity index is 1540. The molecule has 0 bridgehead atoms. The molecule has 4 heterocycles. The van der Waals surface area contributed by atoms with Crippen LogP contribution in [-0.2, 0) is 10.2 Å². The molecule has 0 radical (unpaired) electrons. The normalized spacial score (nSPS) is 16.6. The number of nitrogens with one attached hydrogen (secondary N) is 2. The number of aromatic nitrogens is 4. The monoisotopic (exact) mass is 498 g/mol. The predicted molar refractivity (Wildman–Crippen MR) is 125 cm³/mol. The zero-order chi connectivity index (χ0) is 24.7. The van der Waals surface area contributed by atoms with Crippen molar-refractivity contribution in [1.82, 2.24) is 24.2 Å². The standard InChI is InChI=1S/C23H20F2N6O3S/c1-13-4-7-31(12-13)35(33,34)30-18-3-2-17(24)20(21(18)25)22(32)16-10-29-23-15(16)8-14(9-28-23)19-11-26-5-6-27-19/h2-3,5-6,8-11,13,30H,4,7,12H2,1H3,(H,28,29). The molecule has 1 saturated heterocycles. The third kappa shape index (κ3) is 4.26. The Morgan fingerprint density at radius 2 is 2.03 bits per heavy atom. The van der Waals surface area contributed by atoms with Gasteiger partial charge in [-0.3, -0.25) is 19.5 Å². The lowest BCUT2D eigenvalue weighted by molar-refractivity contribution is 0.103. The van der Waals surface area contributed by atoms with Crippen LogP contribution >= 0.6 is 0 Å². The number of benzene rings is 1. The summed E-state index contributed by atoms with van der Waals surface area (Å²) in [6.45, 7) is 2.50. The van der Waals surface area contributed by atoms with Crippen LogP contribution in [0.15, 0.2) is 49.2 Å². The van der Waals surface area contributed by atoms with Crippen molar-refractivity contribution in [3.05, 3.63) is 71.9 Å². The maximum absolute atomic E-state index is 15.4. The van der Waals surface area contributed by atoms with Gasteiger partial charge in [0.15, 0.2) is 5.82 Å². The molecule has 5 rings (SSSR count). The molecule has 0 aliphatic carbocycles. The average molecular weight is 499 g/mol. The van der Waals surface area contributed by atoms with Gasteiger partial charge < -0.3 is 4.98 Å². The molecule has 1 aliphatic rings. The van der Waals surface area contributed by atoms with Crippen LogP contribution in [0.4, 0.5) is 14.5 Å². The predicted octanol–water partition coefficient (Wildman–Crippen LogP) is 3.53. The van der Waals surface area contributed by atoms with E-state index in [4.69, 9.17) is 0 Å². The first kappa shape index (κ1) is 23.0. The largest absolute Gasteiger partial charge is 0.345 e. The first-order valence-electron chi connectivity index (χ1n) is 10.8. The molecule has 9 nitrogen and oxygen atoms in total. The van der Waals surface area contributed by atoms with Gasteiger partial charge in [0, 0.05) is 54.4 Å². The Labute approximate surface area is 199 Å². The fraction of sp³-hybridized carbons (Fsp3) is 0.217. The minimum atomic E-state index is -4.07. The molecule has 0 saturated carbocycles. The van der Waals surface area contributed by atoms with Crippen molar-refractivity contribution in [3.8, 4) is 11.3 Å². The van der Waals surface area contributed by atoms with Gasteiger partial charge in [0.1, 0.15) is 11.5 Å². The van der Waals surface area contributed by atoms with Crippen LogP contribution in [0.2, 0.25) is 0 Å². The number of anilines is 1. The van der Waals surface area contributed by atoms with Gasteiger partial charge in [-0.15, -0.1) is 0 Å². The number of aromatic amines is 1. The van der Waals surface area contributed by atoms with Gasteiger partial charge in [0.2, 0.25) is 5.78 Å². The molecule has 1 unspecified atom stereocenters. The molecule has 12 heteroatoms. The molecule has 180 valence electrons. The zero-order valence-electron chi connectivity index (χ0n) is 18.5. The second-order valence-corrected chi connectivity index (χ2v) is 10.1. The summed E-state index contributed by atoms with van der Waals surface area (Å²) in [6.07, 6.45) is 8.06. The highest BCUT2D eigenvalue weighted by atomic mass is 32.2. The van der Waals surface area contributed by atoms with E-state index >= 15 is 4.39 Å². The summed E-state index contributed by atoms with van der Waals surface area (Å²) in [7, 11) is -4.07. The van der Waals surface area contributed by atoms with Crippen LogP contribution in [0, 0.1) is 17.6 Å². The van der Waals surface area contributed by atoms with Crippen LogP contribution in [0.1, 0.15) is 29.3 Å². The van der Waals surface area contributed by atoms with E-state index in [0.29, 0.717) is 41.8 Å². The van der Waals surface area contributed by atoms with E-state index in [2.05, 4.69) is 24.7 Å². The van der Waals surface area contributed by atoms with Crippen LogP contribution in [0.3, 0.4) is 0 Å². The number of hydrogen-bond donors (Lipinski definition) is 2. The van der Waals surface area contributed by atoms with Gasteiger partial charge in [0.25, 0.3) is 0 Å². The SMILES string of the molecule is CC1CCN(S(=O)(=O)Nc2ccc(F)c(C(=O)c3c[nH]c4ncc(-c5cnccn5)cc34)c2F)C1. The Morgan fingerprint density at radius 3 is 2.74 bits per heavy atom. The van der Waals surface area contributed by atoms with Crippen LogP contribution in [0.5, 0.6) is 0 Å². The summed E-state index contributed by atoms with van der Waals surface area (Å²) < 4.78 is 58.8. The molecule has 0 amide bonds. The van der Waals surface area contributed by atoms with Gasteiger partial charge in [-0.2, -0.15) is 12.7 Å². The fourth-order valence-electron chi connectivity index (χ4n) is 4.07. The summed E-state index contributed by atoms with van der Waals surface area (Å²) >= 11 is 0. The average Bonchev–Trinajstić information content (AvgIpc) is 3.48. The third-order valence-corrected chi connectivity index (χ3v) is 7.41. The van der Waals surface area contributed by atoms with Gasteiger partial charge in [-0.25, -0.2) is 13.8 Å². The van der Waals surface area contributed by atoms with E-state index in [1.807, 2.05) is 6.92 Å². The second-order valence-electron chi connectivity index (χ2n) is 8.39. The summed E-state index contributed by atoms with van der Waals surface area (Å²) in [5.74, 6) is -3.19. The van der Waals surface area contributed by atoms with Crippen molar-refractivity contribution in [2.24, 2.45) is 5.92 Å². The number of rotatable bonds is 6. The van der Waals surface area contributed by atoms with E-state index in [1.54, 1.807) is 6.07 Å². The maximum atomic E-state index is 15.4. The lowest BCUT2D eigenvalue weighted by atomic mass is 10.0. The summed E-state index contributed by atoms with van der Waals surface area (Å²) in [6, 6.07) is 3.44. The van der Waals surface area contributed by atoms with Crippen molar-refractivity contribution in [2.75, 3.05) is 17.8 Å². The van der Waals surface area contributed by atoms with Crippen LogP contribution in [0.25, 0.3) is 22.3 Å². The van der Waals surface area contributed by atoms with Gasteiger partial charge in [-0.1, -0.05) is 6.92 Å². The molecule has 4 aromatic rings. The number of H-pyrrole nitrogens is 1. The Hall–Kier alpha value is -3.77. The molecule has 1 aliphatic heterocycles. The number of fused-ring (bicyclic) bond motifs is 1. The Morgan fingerprint density at radius 1 is 1.20 bits per heavy atom.